The molecule has 0 bridgehead atoms. The second-order valence-electron chi connectivity index (χ2n) is 6.38. The van der Waals surface area contributed by atoms with E-state index in [2.05, 4.69) is 26.6 Å². The molecule has 0 radical (unpaired) electrons. The zero-order valence-electron chi connectivity index (χ0n) is 15.7. The number of para-hydroxylation sites is 1. The SMILES string of the molecule is O=C(CSCc1ccc(Br)cc1)Nc1ccccc1C(=O)NCc1ccccc1. The number of rotatable bonds is 8. The van der Waals surface area contributed by atoms with Crippen molar-refractivity contribution in [3.8, 4) is 0 Å². The van der Waals surface area contributed by atoms with Crippen LogP contribution in [0.5, 0.6) is 0 Å². The molecular formula is C23H21BrN2O2S. The Morgan fingerprint density at radius 2 is 1.52 bits per heavy atom. The number of nitrogens with one attached hydrogen (secondary N) is 2. The molecule has 0 heterocycles. The van der Waals surface area contributed by atoms with E-state index >= 15 is 0 Å². The van der Waals surface area contributed by atoms with Crippen molar-refractivity contribution in [1.29, 1.82) is 0 Å². The molecule has 0 aliphatic heterocycles. The number of thioether (sulfide) groups is 1. The summed E-state index contributed by atoms with van der Waals surface area (Å²) >= 11 is 4.95. The fourth-order valence-electron chi connectivity index (χ4n) is 2.69. The first-order valence-corrected chi connectivity index (χ1v) is 11.1. The van der Waals surface area contributed by atoms with Gasteiger partial charge in [-0.05, 0) is 35.4 Å². The van der Waals surface area contributed by atoms with E-state index in [-0.39, 0.29) is 11.8 Å². The predicted molar refractivity (Wildman–Crippen MR) is 123 cm³/mol. The van der Waals surface area contributed by atoms with E-state index in [1.165, 1.54) is 11.8 Å². The molecule has 148 valence electrons. The van der Waals surface area contributed by atoms with E-state index in [0.717, 1.165) is 21.4 Å². The fourth-order valence-corrected chi connectivity index (χ4v) is 3.74. The number of carbonyl (C=O) groups excluding carboxylic acids is 2. The molecule has 0 aliphatic rings. The molecule has 0 unspecified atom stereocenters. The van der Waals surface area contributed by atoms with Gasteiger partial charge in [-0.2, -0.15) is 0 Å². The van der Waals surface area contributed by atoms with Crippen molar-refractivity contribution < 1.29 is 9.59 Å². The molecule has 0 spiro atoms. The molecule has 2 amide bonds. The summed E-state index contributed by atoms with van der Waals surface area (Å²) in [6.45, 7) is 0.436. The van der Waals surface area contributed by atoms with Crippen LogP contribution >= 0.6 is 27.7 Å². The zero-order valence-corrected chi connectivity index (χ0v) is 18.1. The van der Waals surface area contributed by atoms with Crippen molar-refractivity contribution in [2.45, 2.75) is 12.3 Å². The third-order valence-corrected chi connectivity index (χ3v) is 5.69. The normalized spacial score (nSPS) is 10.4. The van der Waals surface area contributed by atoms with Crippen molar-refractivity contribution in [2.75, 3.05) is 11.1 Å². The summed E-state index contributed by atoms with van der Waals surface area (Å²) in [7, 11) is 0. The lowest BCUT2D eigenvalue weighted by Gasteiger charge is -2.11. The number of hydrogen-bond donors (Lipinski definition) is 2. The van der Waals surface area contributed by atoms with Gasteiger partial charge in [0.1, 0.15) is 0 Å². The summed E-state index contributed by atoms with van der Waals surface area (Å²) in [5.41, 5.74) is 3.15. The topological polar surface area (TPSA) is 58.2 Å². The van der Waals surface area contributed by atoms with Gasteiger partial charge in [0.05, 0.1) is 17.0 Å². The number of carbonyl (C=O) groups is 2. The van der Waals surface area contributed by atoms with E-state index in [1.54, 1.807) is 24.3 Å². The van der Waals surface area contributed by atoms with E-state index in [9.17, 15) is 9.59 Å². The lowest BCUT2D eigenvalue weighted by Crippen LogP contribution is -2.25. The Kier molecular flexibility index (Phi) is 7.90. The molecule has 0 fully saturated rings. The molecule has 2 N–H and O–H groups in total. The minimum atomic E-state index is -0.215. The number of anilines is 1. The lowest BCUT2D eigenvalue weighted by atomic mass is 10.1. The molecule has 0 aliphatic carbocycles. The van der Waals surface area contributed by atoms with Crippen LogP contribution in [0.3, 0.4) is 0 Å². The molecule has 0 aromatic heterocycles. The molecule has 3 aromatic carbocycles. The number of benzene rings is 3. The summed E-state index contributed by atoms with van der Waals surface area (Å²) in [6, 6.07) is 24.8. The Morgan fingerprint density at radius 1 is 0.828 bits per heavy atom. The van der Waals surface area contributed by atoms with Gasteiger partial charge in [-0.25, -0.2) is 0 Å². The lowest BCUT2D eigenvalue weighted by molar-refractivity contribution is -0.113. The highest BCUT2D eigenvalue weighted by Gasteiger charge is 2.13. The van der Waals surface area contributed by atoms with Crippen molar-refractivity contribution >= 4 is 45.2 Å². The minimum absolute atomic E-state index is 0.129. The standard InChI is InChI=1S/C23H21BrN2O2S/c24-19-12-10-18(11-13-19)15-29-16-22(27)26-21-9-5-4-8-20(21)23(28)25-14-17-6-2-1-3-7-17/h1-13H,14-16H2,(H,25,28)(H,26,27). The van der Waals surface area contributed by atoms with E-state index in [1.807, 2.05) is 54.6 Å². The maximum absolute atomic E-state index is 12.6. The maximum Gasteiger partial charge on any atom is 0.253 e. The van der Waals surface area contributed by atoms with Crippen LogP contribution in [0.2, 0.25) is 0 Å². The van der Waals surface area contributed by atoms with Crippen LogP contribution in [-0.4, -0.2) is 17.6 Å². The molecule has 3 rings (SSSR count). The van der Waals surface area contributed by atoms with Gasteiger partial charge in [-0.3, -0.25) is 9.59 Å². The van der Waals surface area contributed by atoms with Gasteiger partial charge in [-0.15, -0.1) is 11.8 Å². The molecule has 0 saturated heterocycles. The zero-order chi connectivity index (χ0) is 20.5. The smallest absolute Gasteiger partial charge is 0.253 e. The Hall–Kier alpha value is -2.57. The number of halogens is 1. The highest BCUT2D eigenvalue weighted by Crippen LogP contribution is 2.18. The highest BCUT2D eigenvalue weighted by atomic mass is 79.9. The van der Waals surface area contributed by atoms with Gasteiger partial charge in [0.25, 0.3) is 5.91 Å². The predicted octanol–water partition coefficient (Wildman–Crippen LogP) is 5.25. The van der Waals surface area contributed by atoms with Gasteiger partial charge in [0.2, 0.25) is 5.91 Å². The summed E-state index contributed by atoms with van der Waals surface area (Å²) in [6.07, 6.45) is 0. The average Bonchev–Trinajstić information content (AvgIpc) is 2.74. The average molecular weight is 469 g/mol. The summed E-state index contributed by atoms with van der Waals surface area (Å²) < 4.78 is 1.03. The molecule has 0 saturated carbocycles. The Labute approximate surface area is 183 Å². The summed E-state index contributed by atoms with van der Waals surface area (Å²) in [5, 5.41) is 5.76. The molecule has 6 heteroatoms. The first kappa shape index (κ1) is 21.1. The Bertz CT molecular complexity index is 962. The van der Waals surface area contributed by atoms with Gasteiger partial charge >= 0.3 is 0 Å². The third-order valence-electron chi connectivity index (χ3n) is 4.16. The first-order chi connectivity index (χ1) is 14.1. The van der Waals surface area contributed by atoms with Crippen LogP contribution < -0.4 is 10.6 Å². The van der Waals surface area contributed by atoms with Crippen molar-refractivity contribution in [1.82, 2.24) is 5.32 Å². The molecule has 0 atom stereocenters. The fraction of sp³-hybridized carbons (Fsp3) is 0.130. The monoisotopic (exact) mass is 468 g/mol. The van der Waals surface area contributed by atoms with Crippen LogP contribution in [0.1, 0.15) is 21.5 Å². The molecular weight excluding hydrogens is 448 g/mol. The second kappa shape index (κ2) is 10.8. The first-order valence-electron chi connectivity index (χ1n) is 9.15. The van der Waals surface area contributed by atoms with Crippen molar-refractivity contribution in [2.24, 2.45) is 0 Å². The van der Waals surface area contributed by atoms with Crippen LogP contribution in [0.15, 0.2) is 83.3 Å². The number of hydrogen-bond acceptors (Lipinski definition) is 3. The molecule has 3 aromatic rings. The van der Waals surface area contributed by atoms with Crippen LogP contribution in [0.4, 0.5) is 5.69 Å². The van der Waals surface area contributed by atoms with Crippen LogP contribution in [-0.2, 0) is 17.1 Å². The largest absolute Gasteiger partial charge is 0.348 e. The van der Waals surface area contributed by atoms with Gasteiger partial charge in [0, 0.05) is 16.8 Å². The summed E-state index contributed by atoms with van der Waals surface area (Å²) in [4.78, 5) is 24.9. The van der Waals surface area contributed by atoms with Gasteiger partial charge < -0.3 is 10.6 Å². The minimum Gasteiger partial charge on any atom is -0.348 e. The quantitative estimate of drug-likeness (QED) is 0.474. The second-order valence-corrected chi connectivity index (χ2v) is 8.28. The Morgan fingerprint density at radius 3 is 2.28 bits per heavy atom. The van der Waals surface area contributed by atoms with E-state index in [0.29, 0.717) is 23.5 Å². The van der Waals surface area contributed by atoms with Crippen LogP contribution in [0, 0.1) is 0 Å². The van der Waals surface area contributed by atoms with Gasteiger partial charge in [0.15, 0.2) is 0 Å². The number of amides is 2. The van der Waals surface area contributed by atoms with E-state index < -0.39 is 0 Å². The highest BCUT2D eigenvalue weighted by molar-refractivity contribution is 9.10. The van der Waals surface area contributed by atoms with Crippen LogP contribution in [0.25, 0.3) is 0 Å². The Balaban J connectivity index is 1.53. The van der Waals surface area contributed by atoms with E-state index in [4.69, 9.17) is 0 Å². The van der Waals surface area contributed by atoms with Gasteiger partial charge in [-0.1, -0.05) is 70.5 Å². The van der Waals surface area contributed by atoms with Crippen molar-refractivity contribution in [3.63, 3.8) is 0 Å². The molecule has 4 nitrogen and oxygen atoms in total. The maximum atomic E-state index is 12.6. The summed E-state index contributed by atoms with van der Waals surface area (Å²) in [5.74, 6) is 0.721. The molecule has 29 heavy (non-hydrogen) atoms. The third kappa shape index (κ3) is 6.76. The van der Waals surface area contributed by atoms with Crippen molar-refractivity contribution in [3.05, 3.63) is 100 Å².